The predicted molar refractivity (Wildman–Crippen MR) is 94.2 cm³/mol. The number of methoxy groups -OCH3 is 2. The molecule has 0 atom stereocenters. The molecule has 0 aliphatic carbocycles. The van der Waals surface area contributed by atoms with Crippen molar-refractivity contribution in [1.82, 2.24) is 0 Å². The van der Waals surface area contributed by atoms with E-state index in [-0.39, 0.29) is 11.5 Å². The van der Waals surface area contributed by atoms with Crippen molar-refractivity contribution in [3.63, 3.8) is 0 Å². The fourth-order valence-electron chi connectivity index (χ4n) is 2.81. The number of hydrogen-bond acceptors (Lipinski definition) is 4. The summed E-state index contributed by atoms with van der Waals surface area (Å²) in [5.41, 5.74) is 3.21. The Morgan fingerprint density at radius 1 is 1.12 bits per heavy atom. The smallest absolute Gasteiger partial charge is 0.335 e. The molecule has 1 aliphatic heterocycles. The molecule has 0 bridgehead atoms. The summed E-state index contributed by atoms with van der Waals surface area (Å²) >= 11 is 0. The Labute approximate surface area is 144 Å². The first-order chi connectivity index (χ1) is 11.9. The topological polar surface area (TPSA) is 84.9 Å². The van der Waals surface area contributed by atoms with Crippen LogP contribution >= 0.6 is 0 Å². The molecule has 0 saturated heterocycles. The van der Waals surface area contributed by atoms with Gasteiger partial charge < -0.3 is 19.9 Å². The zero-order chi connectivity index (χ0) is 18.1. The fourth-order valence-corrected chi connectivity index (χ4v) is 2.81. The quantitative estimate of drug-likeness (QED) is 0.836. The number of anilines is 1. The minimum Gasteiger partial charge on any atom is -0.496 e. The maximum Gasteiger partial charge on any atom is 0.335 e. The Bertz CT molecular complexity index is 914. The van der Waals surface area contributed by atoms with Gasteiger partial charge in [-0.25, -0.2) is 4.79 Å². The maximum absolute atomic E-state index is 12.3. The van der Waals surface area contributed by atoms with Gasteiger partial charge in [0.2, 0.25) is 0 Å². The second-order valence-electron chi connectivity index (χ2n) is 5.64. The highest BCUT2D eigenvalue weighted by Gasteiger charge is 2.25. The molecular weight excluding hydrogens is 322 g/mol. The number of nitrogens with one attached hydrogen (secondary N) is 1. The van der Waals surface area contributed by atoms with E-state index in [1.54, 1.807) is 32.4 Å². The van der Waals surface area contributed by atoms with Gasteiger partial charge in [-0.1, -0.05) is 0 Å². The third-order valence-corrected chi connectivity index (χ3v) is 4.10. The minimum absolute atomic E-state index is 0.120. The van der Waals surface area contributed by atoms with Gasteiger partial charge in [0.15, 0.2) is 0 Å². The summed E-state index contributed by atoms with van der Waals surface area (Å²) < 4.78 is 10.7. The van der Waals surface area contributed by atoms with Crippen LogP contribution in [0.1, 0.15) is 27.0 Å². The fraction of sp³-hybridized carbons (Fsp3) is 0.158. The van der Waals surface area contributed by atoms with Crippen molar-refractivity contribution in [1.29, 1.82) is 0 Å². The number of carboxylic acids is 1. The van der Waals surface area contributed by atoms with Crippen molar-refractivity contribution in [2.45, 2.75) is 6.92 Å². The van der Waals surface area contributed by atoms with E-state index < -0.39 is 5.97 Å². The number of carboxylic acid groups (broad SMARTS) is 1. The third kappa shape index (κ3) is 2.94. The molecule has 0 radical (unpaired) electrons. The molecule has 0 fully saturated rings. The Morgan fingerprint density at radius 2 is 1.84 bits per heavy atom. The second-order valence-corrected chi connectivity index (χ2v) is 5.64. The summed E-state index contributed by atoms with van der Waals surface area (Å²) in [5, 5.41) is 11.9. The molecule has 1 aliphatic rings. The molecule has 25 heavy (non-hydrogen) atoms. The summed E-state index contributed by atoms with van der Waals surface area (Å²) in [6, 6.07) is 8.14. The lowest BCUT2D eigenvalue weighted by molar-refractivity contribution is -0.110. The van der Waals surface area contributed by atoms with E-state index in [9.17, 15) is 14.7 Å². The molecule has 1 amide bonds. The van der Waals surface area contributed by atoms with Gasteiger partial charge in [0, 0.05) is 22.4 Å². The standard InChI is InChI=1S/C19H17NO5/c1-10-6-17(25-3)12(9-16(10)24-2)8-14-13-7-11(19(22)23)4-5-15(13)20-18(14)21/h4-9H,1-3H3,(H,20,21)(H,22,23)/b14-8+. The predicted octanol–water partition coefficient (Wildman–Crippen LogP) is 3.20. The Morgan fingerprint density at radius 3 is 2.48 bits per heavy atom. The molecule has 1 heterocycles. The van der Waals surface area contributed by atoms with Crippen LogP contribution in [0.4, 0.5) is 5.69 Å². The average molecular weight is 339 g/mol. The number of ether oxygens (including phenoxy) is 2. The average Bonchev–Trinajstić information content (AvgIpc) is 2.90. The Kier molecular flexibility index (Phi) is 4.19. The number of carbonyl (C=O) groups excluding carboxylic acids is 1. The first kappa shape index (κ1) is 16.6. The van der Waals surface area contributed by atoms with Crippen LogP contribution in [0.3, 0.4) is 0 Å². The van der Waals surface area contributed by atoms with E-state index in [1.165, 1.54) is 12.1 Å². The number of amides is 1. The van der Waals surface area contributed by atoms with Crippen molar-refractivity contribution in [3.05, 3.63) is 52.6 Å². The lowest BCUT2D eigenvalue weighted by Gasteiger charge is -2.11. The van der Waals surface area contributed by atoms with E-state index in [0.29, 0.717) is 33.9 Å². The van der Waals surface area contributed by atoms with Gasteiger partial charge in [0.1, 0.15) is 11.5 Å². The molecule has 0 saturated carbocycles. The highest BCUT2D eigenvalue weighted by molar-refractivity contribution is 6.35. The number of rotatable bonds is 4. The van der Waals surface area contributed by atoms with E-state index >= 15 is 0 Å². The maximum atomic E-state index is 12.3. The van der Waals surface area contributed by atoms with Gasteiger partial charge >= 0.3 is 5.97 Å². The zero-order valence-corrected chi connectivity index (χ0v) is 14.0. The first-order valence-electron chi connectivity index (χ1n) is 7.58. The molecule has 128 valence electrons. The SMILES string of the molecule is COc1cc(/C=C2/C(=O)Nc3ccc(C(=O)O)cc32)c(OC)cc1C. The second kappa shape index (κ2) is 6.32. The monoisotopic (exact) mass is 339 g/mol. The molecule has 6 nitrogen and oxygen atoms in total. The number of hydrogen-bond donors (Lipinski definition) is 2. The highest BCUT2D eigenvalue weighted by Crippen LogP contribution is 2.37. The summed E-state index contributed by atoms with van der Waals surface area (Å²) in [4.78, 5) is 23.5. The van der Waals surface area contributed by atoms with Crippen molar-refractivity contribution in [2.24, 2.45) is 0 Å². The van der Waals surface area contributed by atoms with Crippen LogP contribution in [0.15, 0.2) is 30.3 Å². The molecule has 2 N–H and O–H groups in total. The molecule has 3 rings (SSSR count). The van der Waals surface area contributed by atoms with Crippen LogP contribution in [0.2, 0.25) is 0 Å². The van der Waals surface area contributed by atoms with E-state index in [1.807, 2.05) is 13.0 Å². The normalized spacial score (nSPS) is 14.2. The van der Waals surface area contributed by atoms with Crippen LogP contribution in [-0.2, 0) is 4.79 Å². The van der Waals surface area contributed by atoms with Gasteiger partial charge in [-0.2, -0.15) is 0 Å². The van der Waals surface area contributed by atoms with Gasteiger partial charge in [-0.05, 0) is 48.9 Å². The van der Waals surface area contributed by atoms with E-state index in [4.69, 9.17) is 9.47 Å². The van der Waals surface area contributed by atoms with Crippen molar-refractivity contribution in [3.8, 4) is 11.5 Å². The molecule has 0 unspecified atom stereocenters. The molecule has 0 spiro atoms. The van der Waals surface area contributed by atoms with Crippen molar-refractivity contribution in [2.75, 3.05) is 19.5 Å². The van der Waals surface area contributed by atoms with E-state index in [0.717, 1.165) is 5.56 Å². The highest BCUT2D eigenvalue weighted by atomic mass is 16.5. The van der Waals surface area contributed by atoms with Crippen LogP contribution < -0.4 is 14.8 Å². The number of aryl methyl sites for hydroxylation is 1. The summed E-state index contributed by atoms with van der Waals surface area (Å²) in [5.74, 6) is -0.0674. The molecular formula is C19H17NO5. The van der Waals surface area contributed by atoms with Crippen LogP contribution in [0, 0.1) is 6.92 Å². The largest absolute Gasteiger partial charge is 0.496 e. The number of benzene rings is 2. The Hall–Kier alpha value is -3.28. The molecule has 2 aromatic rings. The van der Waals surface area contributed by atoms with Gasteiger partial charge in [-0.15, -0.1) is 0 Å². The van der Waals surface area contributed by atoms with Crippen molar-refractivity contribution < 1.29 is 24.2 Å². The van der Waals surface area contributed by atoms with E-state index in [2.05, 4.69) is 5.32 Å². The Balaban J connectivity index is 2.16. The molecule has 2 aromatic carbocycles. The van der Waals surface area contributed by atoms with Gasteiger partial charge in [-0.3, -0.25) is 4.79 Å². The van der Waals surface area contributed by atoms with Crippen molar-refractivity contribution >= 4 is 29.2 Å². The van der Waals surface area contributed by atoms with Gasteiger partial charge in [0.05, 0.1) is 19.8 Å². The van der Waals surface area contributed by atoms with Crippen LogP contribution in [0.5, 0.6) is 11.5 Å². The number of fused-ring (bicyclic) bond motifs is 1. The van der Waals surface area contributed by atoms with Gasteiger partial charge in [0.25, 0.3) is 5.91 Å². The first-order valence-corrected chi connectivity index (χ1v) is 7.58. The molecule has 6 heteroatoms. The zero-order valence-electron chi connectivity index (χ0n) is 14.0. The summed E-state index contributed by atoms with van der Waals surface area (Å²) in [7, 11) is 3.12. The third-order valence-electron chi connectivity index (χ3n) is 4.10. The molecule has 0 aromatic heterocycles. The lowest BCUT2D eigenvalue weighted by atomic mass is 10.0. The number of carbonyl (C=O) groups is 2. The van der Waals surface area contributed by atoms with Crippen LogP contribution in [0.25, 0.3) is 11.6 Å². The summed E-state index contributed by atoms with van der Waals surface area (Å²) in [6.07, 6.45) is 1.67. The van der Waals surface area contributed by atoms with Crippen LogP contribution in [-0.4, -0.2) is 31.2 Å². The number of aromatic carboxylic acids is 1. The minimum atomic E-state index is -1.05. The lowest BCUT2D eigenvalue weighted by Crippen LogP contribution is -2.03. The summed E-state index contributed by atoms with van der Waals surface area (Å²) in [6.45, 7) is 1.90.